The van der Waals surface area contributed by atoms with Crippen LogP contribution in [-0.4, -0.2) is 22.1 Å². The number of allylic oxidation sites excluding steroid dienone is 1. The highest BCUT2D eigenvalue weighted by Crippen LogP contribution is 2.41. The van der Waals surface area contributed by atoms with E-state index in [0.29, 0.717) is 5.82 Å². The third kappa shape index (κ3) is 2.63. The van der Waals surface area contributed by atoms with Crippen LogP contribution in [0.5, 0.6) is 0 Å². The molecule has 1 aromatic heterocycles. The number of piperidine rings is 1. The van der Waals surface area contributed by atoms with E-state index in [-0.39, 0.29) is 17.9 Å². The van der Waals surface area contributed by atoms with E-state index in [1.165, 1.54) is 12.5 Å². The molecule has 2 aliphatic rings. The molecule has 0 spiro atoms. The van der Waals surface area contributed by atoms with Crippen LogP contribution in [0.4, 0.5) is 19.0 Å². The van der Waals surface area contributed by atoms with Crippen LogP contribution >= 0.6 is 0 Å². The van der Waals surface area contributed by atoms with Gasteiger partial charge in [-0.3, -0.25) is 0 Å². The molecule has 3 nitrogen and oxygen atoms in total. The molecule has 0 aromatic carbocycles. The van der Waals surface area contributed by atoms with Crippen LogP contribution in [0.25, 0.3) is 0 Å². The average molecular weight is 297 g/mol. The first-order valence-electron chi connectivity index (χ1n) is 7.23. The Bertz CT molecular complexity index is 564. The Morgan fingerprint density at radius 3 is 2.33 bits per heavy atom. The average Bonchev–Trinajstić information content (AvgIpc) is 2.67. The van der Waals surface area contributed by atoms with Crippen molar-refractivity contribution < 1.29 is 13.2 Å². The van der Waals surface area contributed by atoms with E-state index in [1.54, 1.807) is 0 Å². The number of alkyl halides is 3. The smallest absolute Gasteiger partial charge is 0.350 e. The Morgan fingerprint density at radius 2 is 1.81 bits per heavy atom. The lowest BCUT2D eigenvalue weighted by molar-refractivity contribution is -0.141. The molecule has 6 heteroatoms. The van der Waals surface area contributed by atoms with Crippen LogP contribution in [-0.2, 0) is 6.18 Å². The Kier molecular flexibility index (Phi) is 3.42. The largest absolute Gasteiger partial charge is 0.433 e. The fourth-order valence-electron chi connectivity index (χ4n) is 3.49. The van der Waals surface area contributed by atoms with Gasteiger partial charge in [-0.15, -0.1) is 0 Å². The number of anilines is 1. The number of rotatable bonds is 1. The van der Waals surface area contributed by atoms with Gasteiger partial charge in [0.2, 0.25) is 0 Å². The van der Waals surface area contributed by atoms with E-state index in [4.69, 9.17) is 0 Å². The standard InChI is InChI=1S/C15H18F3N3/c1-3-10-6-11-4-5-12(7-10)21(11)14-8-13(15(16,17)18)19-9(2)20-14/h3,8,11-12H,4-7H2,1-2H3. The van der Waals surface area contributed by atoms with E-state index in [2.05, 4.69) is 20.9 Å². The second kappa shape index (κ2) is 5.00. The van der Waals surface area contributed by atoms with Crippen LogP contribution in [0.15, 0.2) is 17.7 Å². The van der Waals surface area contributed by atoms with E-state index in [9.17, 15) is 13.2 Å². The highest BCUT2D eigenvalue weighted by molar-refractivity contribution is 5.47. The van der Waals surface area contributed by atoms with Gasteiger partial charge in [0.15, 0.2) is 0 Å². The lowest BCUT2D eigenvalue weighted by Crippen LogP contribution is -2.41. The zero-order valence-corrected chi connectivity index (χ0v) is 12.1. The van der Waals surface area contributed by atoms with E-state index < -0.39 is 11.9 Å². The monoisotopic (exact) mass is 297 g/mol. The molecule has 2 atom stereocenters. The van der Waals surface area contributed by atoms with Gasteiger partial charge in [-0.05, 0) is 39.5 Å². The fourth-order valence-corrected chi connectivity index (χ4v) is 3.49. The minimum atomic E-state index is -4.42. The lowest BCUT2D eigenvalue weighted by Gasteiger charge is -2.37. The van der Waals surface area contributed by atoms with Crippen molar-refractivity contribution in [2.24, 2.45) is 0 Å². The van der Waals surface area contributed by atoms with Crippen molar-refractivity contribution in [1.82, 2.24) is 9.97 Å². The summed E-state index contributed by atoms with van der Waals surface area (Å²) in [6.45, 7) is 3.54. The summed E-state index contributed by atoms with van der Waals surface area (Å²) in [6.07, 6.45) is 1.61. The molecular weight excluding hydrogens is 279 g/mol. The van der Waals surface area contributed by atoms with Gasteiger partial charge in [0, 0.05) is 18.2 Å². The summed E-state index contributed by atoms with van der Waals surface area (Å²) in [4.78, 5) is 9.87. The first-order valence-corrected chi connectivity index (χ1v) is 7.23. The number of hydrogen-bond donors (Lipinski definition) is 0. The molecule has 2 bridgehead atoms. The topological polar surface area (TPSA) is 29.0 Å². The van der Waals surface area contributed by atoms with Crippen molar-refractivity contribution in [3.8, 4) is 0 Å². The van der Waals surface area contributed by atoms with Gasteiger partial charge in [0.25, 0.3) is 0 Å². The first-order chi connectivity index (χ1) is 9.88. The van der Waals surface area contributed by atoms with Crippen molar-refractivity contribution in [2.45, 2.75) is 57.8 Å². The SMILES string of the molecule is CC=C1CC2CCC(C1)N2c1cc(C(F)(F)F)nc(C)n1. The quantitative estimate of drug-likeness (QED) is 0.737. The Morgan fingerprint density at radius 1 is 1.19 bits per heavy atom. The van der Waals surface area contributed by atoms with Crippen LogP contribution in [0.1, 0.15) is 44.1 Å². The molecule has 1 aromatic rings. The van der Waals surface area contributed by atoms with Crippen LogP contribution in [0.2, 0.25) is 0 Å². The second-order valence-corrected chi connectivity index (χ2v) is 5.80. The zero-order valence-electron chi connectivity index (χ0n) is 12.1. The molecule has 2 fully saturated rings. The fraction of sp³-hybridized carbons (Fsp3) is 0.600. The zero-order chi connectivity index (χ0) is 15.2. The summed E-state index contributed by atoms with van der Waals surface area (Å²) in [5, 5.41) is 0. The summed E-state index contributed by atoms with van der Waals surface area (Å²) >= 11 is 0. The molecule has 114 valence electrons. The van der Waals surface area contributed by atoms with Gasteiger partial charge < -0.3 is 4.90 Å². The molecule has 21 heavy (non-hydrogen) atoms. The van der Waals surface area contributed by atoms with Crippen molar-refractivity contribution >= 4 is 5.82 Å². The molecule has 3 heterocycles. The molecule has 3 rings (SSSR count). The van der Waals surface area contributed by atoms with Gasteiger partial charge in [-0.1, -0.05) is 11.6 Å². The van der Waals surface area contributed by atoms with Crippen molar-refractivity contribution in [1.29, 1.82) is 0 Å². The maximum absolute atomic E-state index is 12.9. The minimum absolute atomic E-state index is 0.177. The molecule has 0 N–H and O–H groups in total. The van der Waals surface area contributed by atoms with Crippen molar-refractivity contribution in [2.75, 3.05) is 4.90 Å². The minimum Gasteiger partial charge on any atom is -0.350 e. The third-order valence-corrected chi connectivity index (χ3v) is 4.40. The Labute approximate surface area is 121 Å². The number of fused-ring (bicyclic) bond motifs is 2. The number of nitrogens with zero attached hydrogens (tertiary/aromatic N) is 3. The third-order valence-electron chi connectivity index (χ3n) is 4.40. The maximum atomic E-state index is 12.9. The maximum Gasteiger partial charge on any atom is 0.433 e. The molecule has 2 saturated heterocycles. The van der Waals surface area contributed by atoms with Gasteiger partial charge in [-0.2, -0.15) is 13.2 Å². The van der Waals surface area contributed by atoms with Crippen LogP contribution < -0.4 is 4.90 Å². The summed E-state index contributed by atoms with van der Waals surface area (Å²) < 4.78 is 38.8. The van der Waals surface area contributed by atoms with E-state index in [1.807, 2.05) is 6.92 Å². The molecule has 0 radical (unpaired) electrons. The van der Waals surface area contributed by atoms with Gasteiger partial charge >= 0.3 is 6.18 Å². The van der Waals surface area contributed by atoms with E-state index >= 15 is 0 Å². The molecule has 0 amide bonds. The first kappa shape index (κ1) is 14.4. The summed E-state index contributed by atoms with van der Waals surface area (Å²) in [7, 11) is 0. The van der Waals surface area contributed by atoms with Crippen molar-refractivity contribution in [3.05, 3.63) is 29.2 Å². The highest BCUT2D eigenvalue weighted by atomic mass is 19.4. The molecule has 0 aliphatic carbocycles. The predicted octanol–water partition coefficient (Wildman–Crippen LogP) is 3.88. The number of aromatic nitrogens is 2. The van der Waals surface area contributed by atoms with Gasteiger partial charge in [-0.25, -0.2) is 9.97 Å². The number of aryl methyl sites for hydroxylation is 1. The summed E-state index contributed by atoms with van der Waals surface area (Å²) in [6, 6.07) is 1.63. The molecule has 2 unspecified atom stereocenters. The second-order valence-electron chi connectivity index (χ2n) is 5.80. The summed E-state index contributed by atoms with van der Waals surface area (Å²) in [5.74, 6) is 0.605. The van der Waals surface area contributed by atoms with Crippen LogP contribution in [0, 0.1) is 6.92 Å². The van der Waals surface area contributed by atoms with Gasteiger partial charge in [0.05, 0.1) is 0 Å². The number of hydrogen-bond acceptors (Lipinski definition) is 3. The Balaban J connectivity index is 1.97. The molecule has 2 aliphatic heterocycles. The highest BCUT2D eigenvalue weighted by Gasteiger charge is 2.40. The predicted molar refractivity (Wildman–Crippen MR) is 74.1 cm³/mol. The molecular formula is C15H18F3N3. The molecule has 0 saturated carbocycles. The Hall–Kier alpha value is -1.59. The lowest BCUT2D eigenvalue weighted by atomic mass is 9.96. The van der Waals surface area contributed by atoms with E-state index in [0.717, 1.165) is 31.7 Å². The number of halogens is 3. The van der Waals surface area contributed by atoms with Gasteiger partial charge in [0.1, 0.15) is 17.3 Å². The summed E-state index contributed by atoms with van der Waals surface area (Å²) in [5.41, 5.74) is 0.557. The van der Waals surface area contributed by atoms with Crippen molar-refractivity contribution in [3.63, 3.8) is 0 Å². The normalized spacial score (nSPS) is 25.4. The van der Waals surface area contributed by atoms with Crippen LogP contribution in [0.3, 0.4) is 0 Å².